The smallest absolute Gasteiger partial charge is 0.337 e. The Hall–Kier alpha value is -1.22. The summed E-state index contributed by atoms with van der Waals surface area (Å²) in [4.78, 5) is 10.9. The summed E-state index contributed by atoms with van der Waals surface area (Å²) in [6, 6.07) is 5.28. The number of hydrogen-bond donors (Lipinski definition) is 2. The molecule has 0 aromatic heterocycles. The van der Waals surface area contributed by atoms with Crippen LogP contribution in [0.4, 0.5) is 5.69 Å². The minimum atomic E-state index is -1.00. The quantitative estimate of drug-likeness (QED) is 0.839. The highest BCUT2D eigenvalue weighted by Crippen LogP contribution is 2.21. The molecule has 94 valence electrons. The first-order valence-electron chi connectivity index (χ1n) is 5.69. The molecule has 0 spiro atoms. The lowest BCUT2D eigenvalue weighted by Gasteiger charge is -2.17. The van der Waals surface area contributed by atoms with Crippen LogP contribution < -0.4 is 5.32 Å². The SMILES string of the molecule is CC(C)CC(C)Nc1ccc(Cl)c(C(=O)O)c1. The Balaban J connectivity index is 2.79. The highest BCUT2D eigenvalue weighted by Gasteiger charge is 2.11. The van der Waals surface area contributed by atoms with Gasteiger partial charge in [0.25, 0.3) is 0 Å². The Bertz CT molecular complexity index is 404. The van der Waals surface area contributed by atoms with Crippen LogP contribution in [0, 0.1) is 5.92 Å². The third kappa shape index (κ3) is 4.27. The van der Waals surface area contributed by atoms with Crippen LogP contribution in [0.2, 0.25) is 5.02 Å². The molecule has 17 heavy (non-hydrogen) atoms. The lowest BCUT2D eigenvalue weighted by atomic mass is 10.0. The molecule has 3 nitrogen and oxygen atoms in total. The van der Waals surface area contributed by atoms with E-state index < -0.39 is 5.97 Å². The number of hydrogen-bond acceptors (Lipinski definition) is 2. The predicted molar refractivity (Wildman–Crippen MR) is 71.0 cm³/mol. The molecule has 1 unspecified atom stereocenters. The Morgan fingerprint density at radius 1 is 1.41 bits per heavy atom. The Kier molecular flexibility index (Phi) is 4.82. The molecule has 0 bridgehead atoms. The van der Waals surface area contributed by atoms with E-state index >= 15 is 0 Å². The maximum Gasteiger partial charge on any atom is 0.337 e. The highest BCUT2D eigenvalue weighted by molar-refractivity contribution is 6.33. The molecular formula is C13H18ClNO2. The molecule has 4 heteroatoms. The first-order chi connectivity index (χ1) is 7.90. The van der Waals surface area contributed by atoms with Crippen molar-refractivity contribution in [1.29, 1.82) is 0 Å². The second-order valence-corrected chi connectivity index (χ2v) is 5.08. The van der Waals surface area contributed by atoms with Crippen LogP contribution in [-0.4, -0.2) is 17.1 Å². The van der Waals surface area contributed by atoms with Crippen LogP contribution in [0.15, 0.2) is 18.2 Å². The summed E-state index contributed by atoms with van der Waals surface area (Å²) in [6.07, 6.45) is 1.03. The van der Waals surface area contributed by atoms with Crippen molar-refractivity contribution >= 4 is 23.3 Å². The number of carbonyl (C=O) groups is 1. The number of anilines is 1. The zero-order chi connectivity index (χ0) is 13.0. The summed E-state index contributed by atoms with van der Waals surface area (Å²) in [7, 11) is 0. The van der Waals surface area contributed by atoms with Gasteiger partial charge >= 0.3 is 5.97 Å². The van der Waals surface area contributed by atoms with Gasteiger partial charge in [-0.3, -0.25) is 0 Å². The van der Waals surface area contributed by atoms with E-state index in [4.69, 9.17) is 16.7 Å². The van der Waals surface area contributed by atoms with Gasteiger partial charge in [0, 0.05) is 11.7 Å². The maximum absolute atomic E-state index is 10.9. The molecule has 1 aromatic carbocycles. The second-order valence-electron chi connectivity index (χ2n) is 4.67. The largest absolute Gasteiger partial charge is 0.478 e. The summed E-state index contributed by atoms with van der Waals surface area (Å²) in [5.74, 6) is -0.404. The molecule has 1 rings (SSSR count). The highest BCUT2D eigenvalue weighted by atomic mass is 35.5. The molecule has 1 atom stereocenters. The summed E-state index contributed by atoms with van der Waals surface area (Å²) in [5.41, 5.74) is 0.924. The van der Waals surface area contributed by atoms with Crippen molar-refractivity contribution in [3.63, 3.8) is 0 Å². The normalized spacial score (nSPS) is 12.5. The number of rotatable bonds is 5. The monoisotopic (exact) mass is 255 g/mol. The average molecular weight is 256 g/mol. The van der Waals surface area contributed by atoms with Crippen molar-refractivity contribution in [3.05, 3.63) is 28.8 Å². The minimum absolute atomic E-state index is 0.133. The zero-order valence-electron chi connectivity index (χ0n) is 10.3. The number of halogens is 1. The van der Waals surface area contributed by atoms with Gasteiger partial charge in [-0.2, -0.15) is 0 Å². The molecule has 0 aliphatic heterocycles. The Morgan fingerprint density at radius 2 is 2.06 bits per heavy atom. The molecule has 0 radical (unpaired) electrons. The Morgan fingerprint density at radius 3 is 2.59 bits per heavy atom. The number of aromatic carboxylic acids is 1. The zero-order valence-corrected chi connectivity index (χ0v) is 11.1. The van der Waals surface area contributed by atoms with Crippen LogP contribution in [-0.2, 0) is 0 Å². The van der Waals surface area contributed by atoms with Crippen LogP contribution >= 0.6 is 11.6 Å². The fourth-order valence-electron chi connectivity index (χ4n) is 1.83. The van der Waals surface area contributed by atoms with Crippen molar-refractivity contribution in [2.24, 2.45) is 5.92 Å². The van der Waals surface area contributed by atoms with Crippen LogP contribution in [0.5, 0.6) is 0 Å². The van der Waals surface area contributed by atoms with Gasteiger partial charge in [-0.15, -0.1) is 0 Å². The molecule has 0 saturated carbocycles. The lowest BCUT2D eigenvalue weighted by Crippen LogP contribution is -2.17. The average Bonchev–Trinajstić information content (AvgIpc) is 2.19. The summed E-state index contributed by atoms with van der Waals surface area (Å²) in [6.45, 7) is 6.39. The van der Waals surface area contributed by atoms with E-state index in [1.165, 1.54) is 0 Å². The second kappa shape index (κ2) is 5.92. The summed E-state index contributed by atoms with van der Waals surface area (Å²) >= 11 is 5.80. The molecule has 0 aliphatic rings. The number of carboxylic acids is 1. The standard InChI is InChI=1S/C13H18ClNO2/c1-8(2)6-9(3)15-10-4-5-12(14)11(7-10)13(16)17/h4-5,7-9,15H,6H2,1-3H3,(H,16,17). The van der Waals surface area contributed by atoms with Crippen molar-refractivity contribution in [3.8, 4) is 0 Å². The van der Waals surface area contributed by atoms with E-state index in [1.54, 1.807) is 18.2 Å². The van der Waals surface area contributed by atoms with Crippen LogP contribution in [0.3, 0.4) is 0 Å². The maximum atomic E-state index is 10.9. The van der Waals surface area contributed by atoms with Gasteiger partial charge in [-0.05, 0) is 37.5 Å². The minimum Gasteiger partial charge on any atom is -0.478 e. The number of nitrogens with one attached hydrogen (secondary N) is 1. The third-order valence-electron chi connectivity index (χ3n) is 2.43. The van der Waals surface area contributed by atoms with E-state index in [1.807, 2.05) is 0 Å². The van der Waals surface area contributed by atoms with Gasteiger partial charge in [0.05, 0.1) is 10.6 Å². The molecule has 0 fully saturated rings. The lowest BCUT2D eigenvalue weighted by molar-refractivity contribution is 0.0697. The van der Waals surface area contributed by atoms with Gasteiger partial charge < -0.3 is 10.4 Å². The van der Waals surface area contributed by atoms with Crippen LogP contribution in [0.1, 0.15) is 37.6 Å². The van der Waals surface area contributed by atoms with Crippen molar-refractivity contribution in [2.45, 2.75) is 33.2 Å². The van der Waals surface area contributed by atoms with E-state index in [9.17, 15) is 4.79 Å². The molecule has 0 amide bonds. The molecule has 0 heterocycles. The van der Waals surface area contributed by atoms with Crippen molar-refractivity contribution < 1.29 is 9.90 Å². The van der Waals surface area contributed by atoms with Crippen molar-refractivity contribution in [1.82, 2.24) is 0 Å². The van der Waals surface area contributed by atoms with E-state index in [0.29, 0.717) is 12.0 Å². The van der Waals surface area contributed by atoms with Crippen molar-refractivity contribution in [2.75, 3.05) is 5.32 Å². The van der Waals surface area contributed by atoms with E-state index in [0.717, 1.165) is 12.1 Å². The first kappa shape index (κ1) is 13.8. The first-order valence-corrected chi connectivity index (χ1v) is 6.07. The van der Waals surface area contributed by atoms with Crippen LogP contribution in [0.25, 0.3) is 0 Å². The van der Waals surface area contributed by atoms with Gasteiger partial charge in [0.15, 0.2) is 0 Å². The van der Waals surface area contributed by atoms with Gasteiger partial charge in [0.2, 0.25) is 0 Å². The topological polar surface area (TPSA) is 49.3 Å². The molecule has 0 saturated heterocycles. The fraction of sp³-hybridized carbons (Fsp3) is 0.462. The summed E-state index contributed by atoms with van der Waals surface area (Å²) in [5, 5.41) is 12.5. The number of carboxylic acid groups (broad SMARTS) is 1. The van der Waals surface area contributed by atoms with E-state index in [2.05, 4.69) is 26.1 Å². The molecular weight excluding hydrogens is 238 g/mol. The summed E-state index contributed by atoms with van der Waals surface area (Å²) < 4.78 is 0. The molecule has 1 aromatic rings. The van der Waals surface area contributed by atoms with Gasteiger partial charge in [0.1, 0.15) is 0 Å². The number of benzene rings is 1. The molecule has 2 N–H and O–H groups in total. The fourth-order valence-corrected chi connectivity index (χ4v) is 2.03. The Labute approximate surface area is 107 Å². The predicted octanol–water partition coefficient (Wildman–Crippen LogP) is 3.88. The molecule has 0 aliphatic carbocycles. The van der Waals surface area contributed by atoms with Gasteiger partial charge in [-0.1, -0.05) is 25.4 Å². The van der Waals surface area contributed by atoms with E-state index in [-0.39, 0.29) is 10.6 Å². The van der Waals surface area contributed by atoms with Gasteiger partial charge in [-0.25, -0.2) is 4.79 Å². The third-order valence-corrected chi connectivity index (χ3v) is 2.76.